The zero-order valence-corrected chi connectivity index (χ0v) is 11.3. The fraction of sp³-hybridized carbons (Fsp3) is 0.500. The second-order valence-corrected chi connectivity index (χ2v) is 5.45. The number of rotatable bonds is 3. The van der Waals surface area contributed by atoms with Crippen molar-refractivity contribution in [2.45, 2.75) is 20.8 Å². The Morgan fingerprint density at radius 1 is 1.24 bits per heavy atom. The molecule has 3 heteroatoms. The first-order chi connectivity index (χ1) is 7.83. The largest absolute Gasteiger partial charge is 0.497 e. The van der Waals surface area contributed by atoms with Crippen LogP contribution < -0.4 is 4.74 Å². The molecule has 1 aromatic rings. The molecule has 0 aliphatic heterocycles. The van der Waals surface area contributed by atoms with E-state index in [1.165, 1.54) is 0 Å². The van der Waals surface area contributed by atoms with Crippen LogP contribution in [0.2, 0.25) is 0 Å². The summed E-state index contributed by atoms with van der Waals surface area (Å²) in [5.74, 6) is 0.808. The average Bonchev–Trinajstić information content (AvgIpc) is 2.26. The highest BCUT2D eigenvalue weighted by molar-refractivity contribution is 5.94. The average molecular weight is 235 g/mol. The summed E-state index contributed by atoms with van der Waals surface area (Å²) in [6, 6.07) is 7.19. The van der Waals surface area contributed by atoms with Gasteiger partial charge in [0, 0.05) is 19.2 Å². The Hall–Kier alpha value is -1.51. The summed E-state index contributed by atoms with van der Waals surface area (Å²) in [6.45, 7) is 7.08. The van der Waals surface area contributed by atoms with E-state index in [4.69, 9.17) is 4.74 Å². The lowest BCUT2D eigenvalue weighted by Crippen LogP contribution is -2.34. The number of methoxy groups -OCH3 is 1. The number of carbonyl (C=O) groups excluding carboxylic acids is 1. The molecule has 0 heterocycles. The van der Waals surface area contributed by atoms with Gasteiger partial charge < -0.3 is 9.64 Å². The molecule has 3 nitrogen and oxygen atoms in total. The van der Waals surface area contributed by atoms with Crippen LogP contribution >= 0.6 is 0 Å². The molecule has 0 saturated carbocycles. The van der Waals surface area contributed by atoms with Crippen LogP contribution in [0.25, 0.3) is 0 Å². The molecule has 0 unspecified atom stereocenters. The van der Waals surface area contributed by atoms with Crippen molar-refractivity contribution in [3.63, 3.8) is 0 Å². The molecule has 0 atom stereocenters. The molecule has 1 amide bonds. The number of hydrogen-bond donors (Lipinski definition) is 0. The number of nitrogens with zero attached hydrogens (tertiary/aromatic N) is 1. The summed E-state index contributed by atoms with van der Waals surface area (Å²) in [5.41, 5.74) is 0.800. The lowest BCUT2D eigenvalue weighted by Gasteiger charge is -2.26. The monoisotopic (exact) mass is 235 g/mol. The van der Waals surface area contributed by atoms with Crippen molar-refractivity contribution < 1.29 is 9.53 Å². The molecule has 0 aromatic heterocycles. The summed E-state index contributed by atoms with van der Waals surface area (Å²) in [7, 11) is 3.44. The Kier molecular flexibility index (Phi) is 4.16. The van der Waals surface area contributed by atoms with E-state index in [-0.39, 0.29) is 11.3 Å². The maximum Gasteiger partial charge on any atom is 0.253 e. The fourth-order valence-corrected chi connectivity index (χ4v) is 1.74. The van der Waals surface area contributed by atoms with Crippen molar-refractivity contribution in [1.82, 2.24) is 4.90 Å². The van der Waals surface area contributed by atoms with Gasteiger partial charge in [0.05, 0.1) is 7.11 Å². The van der Waals surface area contributed by atoms with E-state index in [2.05, 4.69) is 20.8 Å². The standard InChI is InChI=1S/C14H21NO2/c1-14(2,3)10-15(4)13(16)11-6-8-12(17-5)9-7-11/h6-9H,10H2,1-5H3. The molecule has 17 heavy (non-hydrogen) atoms. The molecule has 0 aliphatic rings. The minimum absolute atomic E-state index is 0.0441. The van der Waals surface area contributed by atoms with E-state index in [0.717, 1.165) is 12.3 Å². The number of carbonyl (C=O) groups is 1. The lowest BCUT2D eigenvalue weighted by molar-refractivity contribution is 0.0745. The number of hydrogen-bond acceptors (Lipinski definition) is 2. The van der Waals surface area contributed by atoms with Gasteiger partial charge in [-0.05, 0) is 29.7 Å². The number of ether oxygens (including phenoxy) is 1. The van der Waals surface area contributed by atoms with E-state index in [1.807, 2.05) is 7.05 Å². The van der Waals surface area contributed by atoms with Crippen molar-refractivity contribution >= 4 is 5.91 Å². The van der Waals surface area contributed by atoms with E-state index in [1.54, 1.807) is 36.3 Å². The smallest absolute Gasteiger partial charge is 0.253 e. The van der Waals surface area contributed by atoms with Crippen LogP contribution in [-0.2, 0) is 0 Å². The van der Waals surface area contributed by atoms with Gasteiger partial charge in [0.2, 0.25) is 0 Å². The molecular weight excluding hydrogens is 214 g/mol. The molecule has 0 aliphatic carbocycles. The molecule has 94 valence electrons. The second kappa shape index (κ2) is 5.21. The molecule has 1 rings (SSSR count). The quantitative estimate of drug-likeness (QED) is 0.806. The van der Waals surface area contributed by atoms with Crippen LogP contribution in [0.5, 0.6) is 5.75 Å². The molecule has 0 bridgehead atoms. The Morgan fingerprint density at radius 3 is 2.18 bits per heavy atom. The Labute approximate surface area is 103 Å². The lowest BCUT2D eigenvalue weighted by atomic mass is 9.96. The Morgan fingerprint density at radius 2 is 1.76 bits per heavy atom. The Bertz CT molecular complexity index is 376. The number of benzene rings is 1. The van der Waals surface area contributed by atoms with E-state index in [9.17, 15) is 4.79 Å². The minimum atomic E-state index is 0.0441. The maximum atomic E-state index is 12.1. The van der Waals surface area contributed by atoms with Gasteiger partial charge in [-0.25, -0.2) is 0 Å². The van der Waals surface area contributed by atoms with Gasteiger partial charge >= 0.3 is 0 Å². The SMILES string of the molecule is COc1ccc(C(=O)N(C)CC(C)(C)C)cc1. The second-order valence-electron chi connectivity index (χ2n) is 5.45. The van der Waals surface area contributed by atoms with E-state index in [0.29, 0.717) is 5.56 Å². The van der Waals surface area contributed by atoms with Gasteiger partial charge in [0.1, 0.15) is 5.75 Å². The zero-order valence-electron chi connectivity index (χ0n) is 11.3. The van der Waals surface area contributed by atoms with E-state index < -0.39 is 0 Å². The summed E-state index contributed by atoms with van der Waals surface area (Å²) in [6.07, 6.45) is 0. The van der Waals surface area contributed by atoms with Crippen LogP contribution in [0.1, 0.15) is 31.1 Å². The van der Waals surface area contributed by atoms with Crippen molar-refractivity contribution in [3.8, 4) is 5.75 Å². The van der Waals surface area contributed by atoms with E-state index >= 15 is 0 Å². The third-order valence-corrected chi connectivity index (χ3v) is 2.40. The molecular formula is C14H21NO2. The third kappa shape index (κ3) is 4.10. The first kappa shape index (κ1) is 13.6. The molecule has 0 fully saturated rings. The van der Waals surface area contributed by atoms with Crippen molar-refractivity contribution in [2.75, 3.05) is 20.7 Å². The highest BCUT2D eigenvalue weighted by Gasteiger charge is 2.18. The fourth-order valence-electron chi connectivity index (χ4n) is 1.74. The predicted molar refractivity (Wildman–Crippen MR) is 69.4 cm³/mol. The highest BCUT2D eigenvalue weighted by atomic mass is 16.5. The van der Waals surface area contributed by atoms with Gasteiger partial charge in [0.25, 0.3) is 5.91 Å². The van der Waals surface area contributed by atoms with Gasteiger partial charge in [-0.2, -0.15) is 0 Å². The predicted octanol–water partition coefficient (Wildman–Crippen LogP) is 2.81. The number of amides is 1. The zero-order chi connectivity index (χ0) is 13.1. The highest BCUT2D eigenvalue weighted by Crippen LogP contribution is 2.17. The van der Waals surface area contributed by atoms with Gasteiger partial charge in [-0.3, -0.25) is 4.79 Å². The molecule has 0 spiro atoms. The van der Waals surface area contributed by atoms with Crippen LogP contribution in [0.4, 0.5) is 0 Å². The summed E-state index contributed by atoms with van der Waals surface area (Å²) in [5, 5.41) is 0. The first-order valence-corrected chi connectivity index (χ1v) is 5.73. The first-order valence-electron chi connectivity index (χ1n) is 5.73. The topological polar surface area (TPSA) is 29.5 Å². The summed E-state index contributed by atoms with van der Waals surface area (Å²) in [4.78, 5) is 13.9. The Balaban J connectivity index is 2.75. The van der Waals surface area contributed by atoms with Crippen molar-refractivity contribution in [3.05, 3.63) is 29.8 Å². The van der Waals surface area contributed by atoms with Crippen molar-refractivity contribution in [1.29, 1.82) is 0 Å². The van der Waals surface area contributed by atoms with Gasteiger partial charge in [-0.1, -0.05) is 20.8 Å². The normalized spacial score (nSPS) is 11.1. The molecule has 0 N–H and O–H groups in total. The summed E-state index contributed by atoms with van der Waals surface area (Å²) >= 11 is 0. The van der Waals surface area contributed by atoms with Crippen LogP contribution in [0.15, 0.2) is 24.3 Å². The van der Waals surface area contributed by atoms with Crippen LogP contribution in [-0.4, -0.2) is 31.5 Å². The molecule has 1 aromatic carbocycles. The van der Waals surface area contributed by atoms with Crippen LogP contribution in [0.3, 0.4) is 0 Å². The summed E-state index contributed by atoms with van der Waals surface area (Å²) < 4.78 is 5.07. The maximum absolute atomic E-state index is 12.1. The van der Waals surface area contributed by atoms with Crippen LogP contribution in [0, 0.1) is 5.41 Å². The van der Waals surface area contributed by atoms with Gasteiger partial charge in [-0.15, -0.1) is 0 Å². The molecule has 0 radical (unpaired) electrons. The minimum Gasteiger partial charge on any atom is -0.497 e. The van der Waals surface area contributed by atoms with Gasteiger partial charge in [0.15, 0.2) is 0 Å². The third-order valence-electron chi connectivity index (χ3n) is 2.40. The molecule has 0 saturated heterocycles. The van der Waals surface area contributed by atoms with Crippen molar-refractivity contribution in [2.24, 2.45) is 5.41 Å².